The Hall–Kier alpha value is -1.66. The molecule has 0 aliphatic carbocycles. The van der Waals surface area contributed by atoms with Crippen LogP contribution in [-0.4, -0.2) is 47.4 Å². The molecule has 91 heavy (non-hydrogen) atoms. The van der Waals surface area contributed by atoms with Gasteiger partial charge in [-0.15, -0.1) is 0 Å². The molecule has 0 heterocycles. The molecule has 0 aliphatic rings. The molecule has 2 unspecified atom stereocenters. The summed E-state index contributed by atoms with van der Waals surface area (Å²) in [6, 6.07) is -0.539. The Bertz CT molecular complexity index is 1430. The molecule has 0 saturated heterocycles. The summed E-state index contributed by atoms with van der Waals surface area (Å²) in [4.78, 5) is 24.7. The minimum atomic E-state index is -0.662. The molecule has 0 radical (unpaired) electrons. The van der Waals surface area contributed by atoms with Gasteiger partial charge in [-0.3, -0.25) is 9.59 Å². The second-order valence-electron chi connectivity index (χ2n) is 29.2. The fraction of sp³-hybridized carbons (Fsp3) is 0.929. The normalized spacial score (nSPS) is 12.5. The number of allylic oxidation sites excluding steroid dienone is 4. The molecule has 0 spiro atoms. The monoisotopic (exact) mass is 1280 g/mol. The van der Waals surface area contributed by atoms with Crippen LogP contribution in [-0.2, 0) is 14.3 Å². The molecule has 3 N–H and O–H groups in total. The van der Waals surface area contributed by atoms with E-state index in [0.29, 0.717) is 25.9 Å². The van der Waals surface area contributed by atoms with E-state index in [1.807, 2.05) is 0 Å². The van der Waals surface area contributed by atoms with Gasteiger partial charge in [-0.1, -0.05) is 436 Å². The Balaban J connectivity index is 3.32. The van der Waals surface area contributed by atoms with Crippen LogP contribution < -0.4 is 5.32 Å². The average Bonchev–Trinajstić information content (AvgIpc) is 3.64. The van der Waals surface area contributed by atoms with Crippen molar-refractivity contribution in [1.82, 2.24) is 5.32 Å². The maximum Gasteiger partial charge on any atom is 0.305 e. The number of amides is 1. The van der Waals surface area contributed by atoms with Crippen LogP contribution in [0.25, 0.3) is 0 Å². The van der Waals surface area contributed by atoms with Crippen molar-refractivity contribution in [1.29, 1.82) is 0 Å². The molecule has 0 aromatic rings. The average molecular weight is 1280 g/mol. The topological polar surface area (TPSA) is 95.9 Å². The van der Waals surface area contributed by atoms with E-state index in [1.165, 1.54) is 398 Å². The Morgan fingerprint density at radius 2 is 0.549 bits per heavy atom. The van der Waals surface area contributed by atoms with Crippen molar-refractivity contribution >= 4 is 11.9 Å². The number of unbranched alkanes of at least 4 members (excludes halogenated alkanes) is 65. The second-order valence-corrected chi connectivity index (χ2v) is 29.2. The largest absolute Gasteiger partial charge is 0.466 e. The third-order valence-corrected chi connectivity index (χ3v) is 20.0. The predicted molar refractivity (Wildman–Crippen MR) is 403 cm³/mol. The van der Waals surface area contributed by atoms with Gasteiger partial charge in [0.2, 0.25) is 5.91 Å². The molecule has 1 amide bonds. The molecule has 6 heteroatoms. The van der Waals surface area contributed by atoms with Crippen LogP contribution >= 0.6 is 0 Å². The fourth-order valence-electron chi connectivity index (χ4n) is 13.6. The molecule has 540 valence electrons. The fourth-order valence-corrected chi connectivity index (χ4v) is 13.6. The number of ether oxygens (including phenoxy) is 1. The summed E-state index contributed by atoms with van der Waals surface area (Å²) in [5.41, 5.74) is 0. The lowest BCUT2D eigenvalue weighted by molar-refractivity contribution is -0.143. The second kappa shape index (κ2) is 80.8. The first-order chi connectivity index (χ1) is 45.0. The van der Waals surface area contributed by atoms with Crippen LogP contribution in [0.5, 0.6) is 0 Å². The number of aliphatic hydroxyl groups excluding tert-OH is 2. The lowest BCUT2D eigenvalue weighted by Gasteiger charge is -2.22. The Morgan fingerprint density at radius 3 is 0.846 bits per heavy atom. The molecular formula is C85H165NO5. The van der Waals surface area contributed by atoms with Crippen molar-refractivity contribution in [2.45, 2.75) is 495 Å². The van der Waals surface area contributed by atoms with Gasteiger partial charge in [0.15, 0.2) is 0 Å². The Kier molecular flexibility index (Phi) is 79.3. The molecule has 2 atom stereocenters. The highest BCUT2D eigenvalue weighted by Crippen LogP contribution is 2.21. The van der Waals surface area contributed by atoms with Crippen LogP contribution in [0.2, 0.25) is 0 Å². The standard InChI is InChI=1S/C85H165NO5/c1-3-5-7-9-11-13-15-17-19-21-23-24-36-39-42-45-49-53-57-61-65-69-73-77-83(88)82(81-87)86-84(89)78-74-70-66-62-58-54-50-46-43-40-37-34-32-30-28-26-25-27-29-31-33-35-38-41-44-48-52-56-60-64-68-72-76-80-91-85(90)79-75-71-67-63-59-55-51-47-22-20-18-16-14-12-10-8-6-4-2/h14,16,20,22,82-83,87-88H,3-13,15,17-19,21,23-81H2,1-2H3,(H,86,89)/b16-14-,22-20-. The predicted octanol–water partition coefficient (Wildman–Crippen LogP) is 28.0. The van der Waals surface area contributed by atoms with Gasteiger partial charge in [-0.25, -0.2) is 0 Å². The van der Waals surface area contributed by atoms with Crippen molar-refractivity contribution < 1.29 is 24.5 Å². The number of carbonyl (C=O) groups is 2. The first-order valence-electron chi connectivity index (χ1n) is 42.1. The third-order valence-electron chi connectivity index (χ3n) is 20.0. The third kappa shape index (κ3) is 77.2. The van der Waals surface area contributed by atoms with Gasteiger partial charge in [0.25, 0.3) is 0 Å². The molecule has 0 rings (SSSR count). The smallest absolute Gasteiger partial charge is 0.305 e. The van der Waals surface area contributed by atoms with Crippen molar-refractivity contribution in [2.75, 3.05) is 13.2 Å². The lowest BCUT2D eigenvalue weighted by atomic mass is 10.0. The summed E-state index contributed by atoms with van der Waals surface area (Å²) in [7, 11) is 0. The number of nitrogens with one attached hydrogen (secondary N) is 1. The first-order valence-corrected chi connectivity index (χ1v) is 42.1. The van der Waals surface area contributed by atoms with Gasteiger partial charge in [-0.2, -0.15) is 0 Å². The van der Waals surface area contributed by atoms with E-state index in [-0.39, 0.29) is 18.5 Å². The first kappa shape index (κ1) is 89.3. The van der Waals surface area contributed by atoms with Crippen LogP contribution in [0.4, 0.5) is 0 Å². The summed E-state index contributed by atoms with van der Waals surface area (Å²) in [5.74, 6) is -0.00859. The number of aliphatic hydroxyl groups is 2. The number of rotatable bonds is 80. The van der Waals surface area contributed by atoms with Gasteiger partial charge < -0.3 is 20.3 Å². The molecule has 0 aromatic heterocycles. The summed E-state index contributed by atoms with van der Waals surface area (Å²) in [6.45, 7) is 4.99. The van der Waals surface area contributed by atoms with Gasteiger partial charge in [0.1, 0.15) is 0 Å². The molecule has 0 saturated carbocycles. The molecule has 0 aliphatic heterocycles. The summed E-state index contributed by atoms with van der Waals surface area (Å²) in [5, 5.41) is 23.5. The van der Waals surface area contributed by atoms with Crippen LogP contribution in [0.3, 0.4) is 0 Å². The quantitative estimate of drug-likeness (QED) is 0.0320. The van der Waals surface area contributed by atoms with E-state index in [9.17, 15) is 19.8 Å². The van der Waals surface area contributed by atoms with Crippen LogP contribution in [0.1, 0.15) is 483 Å². The zero-order chi connectivity index (χ0) is 65.6. The summed E-state index contributed by atoms with van der Waals surface area (Å²) < 4.78 is 5.51. The number of hydrogen-bond donors (Lipinski definition) is 3. The number of carbonyl (C=O) groups excluding carboxylic acids is 2. The van der Waals surface area contributed by atoms with Crippen molar-refractivity contribution in [3.8, 4) is 0 Å². The number of hydrogen-bond acceptors (Lipinski definition) is 5. The van der Waals surface area contributed by atoms with Gasteiger partial charge in [0.05, 0.1) is 25.4 Å². The highest BCUT2D eigenvalue weighted by molar-refractivity contribution is 5.76. The Labute approximate surface area is 571 Å². The Morgan fingerprint density at radius 1 is 0.308 bits per heavy atom. The van der Waals surface area contributed by atoms with E-state index >= 15 is 0 Å². The van der Waals surface area contributed by atoms with Gasteiger partial charge >= 0.3 is 5.97 Å². The van der Waals surface area contributed by atoms with Crippen LogP contribution in [0, 0.1) is 0 Å². The minimum absolute atomic E-state index is 0.0155. The maximum atomic E-state index is 12.6. The molecule has 6 nitrogen and oxygen atoms in total. The lowest BCUT2D eigenvalue weighted by Crippen LogP contribution is -2.45. The van der Waals surface area contributed by atoms with E-state index < -0.39 is 12.1 Å². The summed E-state index contributed by atoms with van der Waals surface area (Å²) in [6.07, 6.45) is 104. The van der Waals surface area contributed by atoms with Crippen molar-refractivity contribution in [3.05, 3.63) is 24.3 Å². The molecule has 0 fully saturated rings. The zero-order valence-corrected chi connectivity index (χ0v) is 62.1. The minimum Gasteiger partial charge on any atom is -0.466 e. The van der Waals surface area contributed by atoms with Crippen molar-refractivity contribution in [2.24, 2.45) is 0 Å². The van der Waals surface area contributed by atoms with E-state index in [0.717, 1.165) is 51.4 Å². The molecule has 0 aromatic carbocycles. The van der Waals surface area contributed by atoms with Crippen LogP contribution in [0.15, 0.2) is 24.3 Å². The van der Waals surface area contributed by atoms with E-state index in [2.05, 4.69) is 43.5 Å². The SMILES string of the molecule is CCCCCC/C=C\C/C=C\CCCCCCCCCC(=O)OCCCCCCCCCCCCCCCCCCCCCCCCCCCCCCCCCCCC(=O)NC(CO)C(O)CCCCCCCCCCCCCCCCCCCCCCCCC. The van der Waals surface area contributed by atoms with E-state index in [1.54, 1.807) is 0 Å². The van der Waals surface area contributed by atoms with E-state index in [4.69, 9.17) is 4.74 Å². The zero-order valence-electron chi connectivity index (χ0n) is 62.1. The van der Waals surface area contributed by atoms with Gasteiger partial charge in [0, 0.05) is 12.8 Å². The molecular weight excluding hydrogens is 1110 g/mol. The summed E-state index contributed by atoms with van der Waals surface area (Å²) >= 11 is 0. The highest BCUT2D eigenvalue weighted by Gasteiger charge is 2.20. The number of esters is 1. The van der Waals surface area contributed by atoms with Gasteiger partial charge in [-0.05, 0) is 57.8 Å². The maximum absolute atomic E-state index is 12.6. The highest BCUT2D eigenvalue weighted by atomic mass is 16.5. The molecule has 0 bridgehead atoms. The van der Waals surface area contributed by atoms with Crippen molar-refractivity contribution in [3.63, 3.8) is 0 Å².